The summed E-state index contributed by atoms with van der Waals surface area (Å²) in [6, 6.07) is 1.12. The van der Waals surface area contributed by atoms with Crippen LogP contribution < -0.4 is 0 Å². The standard InChI is InChI=1S/C10H7BrFNO2/c11-4-2-1-3-7-5-8(10(14)15)9(12)6-13-7/h5-6H,2,4H2,(H,14,15). The number of carbonyl (C=O) groups is 1. The van der Waals surface area contributed by atoms with Gasteiger partial charge in [-0.2, -0.15) is 0 Å². The first-order valence-corrected chi connectivity index (χ1v) is 5.21. The first kappa shape index (κ1) is 11.7. The molecule has 0 aliphatic rings. The van der Waals surface area contributed by atoms with Gasteiger partial charge in [0.2, 0.25) is 0 Å². The molecule has 1 aromatic heterocycles. The number of halogens is 2. The maximum absolute atomic E-state index is 12.9. The minimum Gasteiger partial charge on any atom is -0.478 e. The van der Waals surface area contributed by atoms with E-state index in [1.54, 1.807) is 0 Å². The van der Waals surface area contributed by atoms with E-state index in [4.69, 9.17) is 5.11 Å². The van der Waals surface area contributed by atoms with E-state index in [1.807, 2.05) is 0 Å². The molecule has 0 aliphatic heterocycles. The fourth-order valence-corrected chi connectivity index (χ4v) is 1.07. The Morgan fingerprint density at radius 3 is 3.00 bits per heavy atom. The summed E-state index contributed by atoms with van der Waals surface area (Å²) in [5.74, 6) is 3.24. The highest BCUT2D eigenvalue weighted by molar-refractivity contribution is 9.09. The van der Waals surface area contributed by atoms with E-state index in [9.17, 15) is 9.18 Å². The molecule has 0 atom stereocenters. The topological polar surface area (TPSA) is 50.2 Å². The van der Waals surface area contributed by atoms with Crippen molar-refractivity contribution in [2.45, 2.75) is 6.42 Å². The molecule has 0 aromatic carbocycles. The second-order valence-corrected chi connectivity index (χ2v) is 3.39. The Labute approximate surface area is 94.5 Å². The molecule has 0 aliphatic carbocycles. The van der Waals surface area contributed by atoms with Gasteiger partial charge in [-0.05, 0) is 12.0 Å². The summed E-state index contributed by atoms with van der Waals surface area (Å²) in [7, 11) is 0. The molecule has 0 radical (unpaired) electrons. The van der Waals surface area contributed by atoms with Crippen molar-refractivity contribution in [3.8, 4) is 11.8 Å². The van der Waals surface area contributed by atoms with Crippen LogP contribution in [0.4, 0.5) is 4.39 Å². The van der Waals surface area contributed by atoms with Crippen LogP contribution >= 0.6 is 15.9 Å². The Kier molecular flexibility index (Phi) is 4.25. The van der Waals surface area contributed by atoms with Gasteiger partial charge in [-0.15, -0.1) is 0 Å². The Morgan fingerprint density at radius 2 is 2.40 bits per heavy atom. The van der Waals surface area contributed by atoms with Crippen LogP contribution in [-0.2, 0) is 0 Å². The second-order valence-electron chi connectivity index (χ2n) is 2.60. The predicted octanol–water partition coefficient (Wildman–Crippen LogP) is 2.06. The minimum atomic E-state index is -1.32. The van der Waals surface area contributed by atoms with E-state index in [-0.39, 0.29) is 5.69 Å². The summed E-state index contributed by atoms with van der Waals surface area (Å²) in [6.07, 6.45) is 1.49. The van der Waals surface area contributed by atoms with Gasteiger partial charge >= 0.3 is 5.97 Å². The van der Waals surface area contributed by atoms with Crippen molar-refractivity contribution >= 4 is 21.9 Å². The maximum Gasteiger partial charge on any atom is 0.338 e. The lowest BCUT2D eigenvalue weighted by Crippen LogP contribution is -2.02. The van der Waals surface area contributed by atoms with E-state index in [0.717, 1.165) is 17.6 Å². The van der Waals surface area contributed by atoms with Crippen LogP contribution in [0.15, 0.2) is 12.3 Å². The van der Waals surface area contributed by atoms with Crippen LogP contribution in [-0.4, -0.2) is 21.4 Å². The SMILES string of the molecule is O=C(O)c1cc(C#CCCBr)ncc1F. The van der Waals surface area contributed by atoms with E-state index in [1.165, 1.54) is 0 Å². The number of pyridine rings is 1. The Bertz CT molecular complexity index is 437. The fourth-order valence-electron chi connectivity index (χ4n) is 0.871. The molecule has 1 aromatic rings. The van der Waals surface area contributed by atoms with Gasteiger partial charge in [-0.25, -0.2) is 14.2 Å². The zero-order chi connectivity index (χ0) is 11.3. The molecule has 1 heterocycles. The van der Waals surface area contributed by atoms with Crippen LogP contribution in [0.2, 0.25) is 0 Å². The predicted molar refractivity (Wildman–Crippen MR) is 56.4 cm³/mol. The lowest BCUT2D eigenvalue weighted by molar-refractivity contribution is 0.0691. The van der Waals surface area contributed by atoms with Crippen molar-refractivity contribution in [1.82, 2.24) is 4.98 Å². The third-order valence-corrected chi connectivity index (χ3v) is 1.92. The molecule has 1 N–H and O–H groups in total. The van der Waals surface area contributed by atoms with Gasteiger partial charge in [0.15, 0.2) is 5.82 Å². The molecule has 0 bridgehead atoms. The number of aromatic carboxylic acids is 1. The summed E-state index contributed by atoms with van der Waals surface area (Å²) in [5, 5.41) is 9.37. The van der Waals surface area contributed by atoms with Gasteiger partial charge in [0.25, 0.3) is 0 Å². The minimum absolute atomic E-state index is 0.259. The normalized spacial score (nSPS) is 9.20. The zero-order valence-corrected chi connectivity index (χ0v) is 9.21. The van der Waals surface area contributed by atoms with E-state index in [2.05, 4.69) is 32.8 Å². The molecule has 78 valence electrons. The number of carboxylic acids is 1. The second kappa shape index (κ2) is 5.47. The Morgan fingerprint density at radius 1 is 1.67 bits per heavy atom. The van der Waals surface area contributed by atoms with Crippen molar-refractivity contribution in [2.24, 2.45) is 0 Å². The maximum atomic E-state index is 12.9. The van der Waals surface area contributed by atoms with E-state index in [0.29, 0.717) is 6.42 Å². The zero-order valence-electron chi connectivity index (χ0n) is 7.63. The van der Waals surface area contributed by atoms with E-state index < -0.39 is 17.3 Å². The molecule has 0 spiro atoms. The van der Waals surface area contributed by atoms with Gasteiger partial charge in [0.1, 0.15) is 5.69 Å². The van der Waals surface area contributed by atoms with Gasteiger partial charge in [-0.1, -0.05) is 21.9 Å². The highest BCUT2D eigenvalue weighted by atomic mass is 79.9. The third-order valence-electron chi connectivity index (χ3n) is 1.52. The summed E-state index contributed by atoms with van der Waals surface area (Å²) in [4.78, 5) is 14.2. The summed E-state index contributed by atoms with van der Waals surface area (Å²) < 4.78 is 12.9. The number of rotatable bonds is 2. The molecule has 0 fully saturated rings. The Hall–Kier alpha value is -1.41. The highest BCUT2D eigenvalue weighted by Gasteiger charge is 2.10. The van der Waals surface area contributed by atoms with Crippen molar-refractivity contribution in [3.63, 3.8) is 0 Å². The smallest absolute Gasteiger partial charge is 0.338 e. The Balaban J connectivity index is 2.99. The first-order chi connectivity index (χ1) is 7.15. The number of alkyl halides is 1. The number of hydrogen-bond acceptors (Lipinski definition) is 2. The quantitative estimate of drug-likeness (QED) is 0.662. The van der Waals surface area contributed by atoms with Crippen LogP contribution in [0.25, 0.3) is 0 Å². The summed E-state index contributed by atoms with van der Waals surface area (Å²) >= 11 is 3.20. The molecular formula is C10H7BrFNO2. The number of carboxylic acid groups (broad SMARTS) is 1. The van der Waals surface area contributed by atoms with E-state index >= 15 is 0 Å². The van der Waals surface area contributed by atoms with Crippen LogP contribution in [0.1, 0.15) is 22.5 Å². The number of hydrogen-bond donors (Lipinski definition) is 1. The summed E-state index contributed by atoms with van der Waals surface area (Å²) in [6.45, 7) is 0. The van der Waals surface area contributed by atoms with Crippen molar-refractivity contribution in [2.75, 3.05) is 5.33 Å². The number of aromatic nitrogens is 1. The largest absolute Gasteiger partial charge is 0.478 e. The third kappa shape index (κ3) is 3.33. The van der Waals surface area contributed by atoms with Gasteiger partial charge in [0, 0.05) is 11.8 Å². The molecule has 5 heteroatoms. The lowest BCUT2D eigenvalue weighted by Gasteiger charge is -1.96. The molecule has 0 saturated carbocycles. The molecule has 1 rings (SSSR count). The molecule has 15 heavy (non-hydrogen) atoms. The molecule has 0 saturated heterocycles. The van der Waals surface area contributed by atoms with Crippen molar-refractivity contribution < 1.29 is 14.3 Å². The average Bonchev–Trinajstić information content (AvgIpc) is 2.20. The average molecular weight is 272 g/mol. The highest BCUT2D eigenvalue weighted by Crippen LogP contribution is 2.07. The van der Waals surface area contributed by atoms with Crippen molar-refractivity contribution in [1.29, 1.82) is 0 Å². The van der Waals surface area contributed by atoms with Gasteiger partial charge in [0.05, 0.1) is 11.8 Å². The first-order valence-electron chi connectivity index (χ1n) is 4.09. The molecule has 3 nitrogen and oxygen atoms in total. The van der Waals surface area contributed by atoms with Gasteiger partial charge < -0.3 is 5.11 Å². The fraction of sp³-hybridized carbons (Fsp3) is 0.200. The lowest BCUT2D eigenvalue weighted by atomic mass is 10.2. The van der Waals surface area contributed by atoms with Crippen LogP contribution in [0.3, 0.4) is 0 Å². The molecule has 0 unspecified atom stereocenters. The summed E-state index contributed by atoms with van der Waals surface area (Å²) in [5.41, 5.74) is -0.150. The molecule has 0 amide bonds. The van der Waals surface area contributed by atoms with Crippen LogP contribution in [0, 0.1) is 17.7 Å². The van der Waals surface area contributed by atoms with Crippen molar-refractivity contribution in [3.05, 3.63) is 29.3 Å². The monoisotopic (exact) mass is 271 g/mol. The molecular weight excluding hydrogens is 265 g/mol. The number of nitrogens with zero attached hydrogens (tertiary/aromatic N) is 1. The van der Waals surface area contributed by atoms with Crippen LogP contribution in [0.5, 0.6) is 0 Å². The van der Waals surface area contributed by atoms with Gasteiger partial charge in [-0.3, -0.25) is 0 Å².